The van der Waals surface area contributed by atoms with Gasteiger partial charge in [0.15, 0.2) is 0 Å². The fourth-order valence-corrected chi connectivity index (χ4v) is 10.5. The molecular formula is C61H43N. The number of benzene rings is 9. The Hall–Kier alpha value is -7.74. The second-order valence-corrected chi connectivity index (χ2v) is 16.7. The molecule has 0 saturated carbocycles. The van der Waals surface area contributed by atoms with E-state index in [1.807, 2.05) is 0 Å². The zero-order valence-electron chi connectivity index (χ0n) is 34.4. The minimum Gasteiger partial charge on any atom is -0.310 e. The second-order valence-electron chi connectivity index (χ2n) is 16.7. The van der Waals surface area contributed by atoms with E-state index in [-0.39, 0.29) is 0 Å². The summed E-state index contributed by atoms with van der Waals surface area (Å²) in [6.07, 6.45) is 9.12. The van der Waals surface area contributed by atoms with Crippen LogP contribution in [-0.2, 0) is 5.41 Å². The fraction of sp³-hybridized carbons (Fsp3) is 0.0492. The Labute approximate surface area is 364 Å². The monoisotopic (exact) mass is 789 g/mol. The largest absolute Gasteiger partial charge is 0.310 e. The zero-order chi connectivity index (χ0) is 41.0. The van der Waals surface area contributed by atoms with Gasteiger partial charge in [-0.25, -0.2) is 0 Å². The van der Waals surface area contributed by atoms with Gasteiger partial charge in [0.05, 0.1) is 5.41 Å². The lowest BCUT2D eigenvalue weighted by molar-refractivity contribution is 0.794. The molecule has 0 saturated heterocycles. The molecule has 292 valence electrons. The van der Waals surface area contributed by atoms with Crippen LogP contribution in [-0.4, -0.2) is 0 Å². The van der Waals surface area contributed by atoms with Crippen LogP contribution in [0.5, 0.6) is 0 Å². The summed E-state index contributed by atoms with van der Waals surface area (Å²) in [5.74, 6) is 0. The minimum absolute atomic E-state index is 0.406. The molecule has 0 N–H and O–H groups in total. The highest BCUT2D eigenvalue weighted by Gasteiger charge is 2.51. The summed E-state index contributed by atoms with van der Waals surface area (Å²) in [7, 11) is 0. The SMILES string of the molecule is C1=CC(c2cc(-c3ccccc3)cc(N(c3cc(-c4ccccc4)cc(-c4ccccc4)c3)c3ccc4c(c3)-c3ccccc3C43c4ccccc4-c4ccccc43)c2)=CCC1. The van der Waals surface area contributed by atoms with Gasteiger partial charge in [-0.2, -0.15) is 0 Å². The highest BCUT2D eigenvalue weighted by molar-refractivity contribution is 5.97. The third-order valence-corrected chi connectivity index (χ3v) is 13.2. The Morgan fingerprint density at radius 1 is 0.306 bits per heavy atom. The molecule has 0 atom stereocenters. The third-order valence-electron chi connectivity index (χ3n) is 13.2. The van der Waals surface area contributed by atoms with Crippen LogP contribution in [0.2, 0.25) is 0 Å². The molecule has 12 rings (SSSR count). The smallest absolute Gasteiger partial charge is 0.0725 e. The van der Waals surface area contributed by atoms with Crippen molar-refractivity contribution in [3.8, 4) is 55.6 Å². The van der Waals surface area contributed by atoms with Gasteiger partial charge in [-0.3, -0.25) is 0 Å². The van der Waals surface area contributed by atoms with Gasteiger partial charge < -0.3 is 4.90 Å². The summed E-state index contributed by atoms with van der Waals surface area (Å²) in [5.41, 5.74) is 23.1. The molecule has 0 aromatic heterocycles. The minimum atomic E-state index is -0.406. The molecule has 1 heteroatoms. The molecule has 62 heavy (non-hydrogen) atoms. The van der Waals surface area contributed by atoms with Crippen LogP contribution in [0.25, 0.3) is 61.2 Å². The molecule has 3 aliphatic rings. The van der Waals surface area contributed by atoms with Crippen molar-refractivity contribution in [1.82, 2.24) is 0 Å². The summed E-state index contributed by atoms with van der Waals surface area (Å²) < 4.78 is 0. The molecule has 1 spiro atoms. The summed E-state index contributed by atoms with van der Waals surface area (Å²) in [4.78, 5) is 2.51. The Morgan fingerprint density at radius 3 is 1.21 bits per heavy atom. The van der Waals surface area contributed by atoms with E-state index < -0.39 is 5.41 Å². The highest BCUT2D eigenvalue weighted by Crippen LogP contribution is 2.63. The molecule has 0 radical (unpaired) electrons. The van der Waals surface area contributed by atoms with Crippen molar-refractivity contribution < 1.29 is 0 Å². The molecule has 0 aliphatic heterocycles. The van der Waals surface area contributed by atoms with Gasteiger partial charge in [-0.1, -0.05) is 188 Å². The molecule has 0 unspecified atom stereocenters. The average molecular weight is 790 g/mol. The Balaban J connectivity index is 1.14. The Bertz CT molecular complexity index is 3120. The van der Waals surface area contributed by atoms with Crippen molar-refractivity contribution in [2.75, 3.05) is 4.90 Å². The van der Waals surface area contributed by atoms with Crippen molar-refractivity contribution in [1.29, 1.82) is 0 Å². The molecule has 0 fully saturated rings. The first-order chi connectivity index (χ1) is 30.7. The Morgan fingerprint density at radius 2 is 0.726 bits per heavy atom. The van der Waals surface area contributed by atoms with Crippen LogP contribution in [0, 0.1) is 0 Å². The molecule has 9 aromatic carbocycles. The van der Waals surface area contributed by atoms with Gasteiger partial charge in [0.2, 0.25) is 0 Å². The zero-order valence-corrected chi connectivity index (χ0v) is 34.4. The van der Waals surface area contributed by atoms with E-state index in [9.17, 15) is 0 Å². The highest BCUT2D eigenvalue weighted by atomic mass is 15.1. The number of hydrogen-bond acceptors (Lipinski definition) is 1. The van der Waals surface area contributed by atoms with E-state index in [4.69, 9.17) is 0 Å². The molecule has 0 amide bonds. The summed E-state index contributed by atoms with van der Waals surface area (Å²) in [6.45, 7) is 0. The predicted molar refractivity (Wildman–Crippen MR) is 260 cm³/mol. The first-order valence-corrected chi connectivity index (χ1v) is 21.8. The standard InChI is InChI=1S/C61H43N/c1-5-19-42(20-6-1)46-35-47(43-21-7-2-8-22-43)38-51(37-46)62(52-39-48(44-23-9-3-10-24-44)36-49(40-52)45-25-11-4-12-26-45)50-33-34-60-56(41-50)55-29-15-18-32-59(55)61(60)57-30-16-13-27-53(57)54-28-14-17-31-58(54)61/h1-3,5-11,13-41H,4,12H2. The van der Waals surface area contributed by atoms with Gasteiger partial charge in [0.25, 0.3) is 0 Å². The molecule has 0 heterocycles. The fourth-order valence-electron chi connectivity index (χ4n) is 10.5. The van der Waals surface area contributed by atoms with Gasteiger partial charge in [-0.05, 0) is 150 Å². The molecular weight excluding hydrogens is 747 g/mol. The number of fused-ring (bicyclic) bond motifs is 10. The van der Waals surface area contributed by atoms with Crippen molar-refractivity contribution >= 4 is 22.6 Å². The lowest BCUT2D eigenvalue weighted by Crippen LogP contribution is -2.25. The average Bonchev–Trinajstić information content (AvgIpc) is 3.82. The van der Waals surface area contributed by atoms with E-state index in [0.29, 0.717) is 0 Å². The van der Waals surface area contributed by atoms with Crippen LogP contribution in [0.4, 0.5) is 17.1 Å². The van der Waals surface area contributed by atoms with Gasteiger partial charge >= 0.3 is 0 Å². The maximum Gasteiger partial charge on any atom is 0.0725 e. The molecule has 0 bridgehead atoms. The van der Waals surface area contributed by atoms with Gasteiger partial charge in [0, 0.05) is 17.1 Å². The normalized spacial score (nSPS) is 13.8. The van der Waals surface area contributed by atoms with E-state index in [2.05, 4.69) is 242 Å². The van der Waals surface area contributed by atoms with Crippen LogP contribution in [0.15, 0.2) is 237 Å². The van der Waals surface area contributed by atoms with Crippen LogP contribution in [0.3, 0.4) is 0 Å². The lowest BCUT2D eigenvalue weighted by Gasteiger charge is -2.31. The first kappa shape index (κ1) is 36.1. The molecule has 3 aliphatic carbocycles. The van der Waals surface area contributed by atoms with Crippen molar-refractivity contribution in [3.05, 3.63) is 264 Å². The number of hydrogen-bond donors (Lipinski definition) is 0. The number of nitrogens with zero attached hydrogens (tertiary/aromatic N) is 1. The summed E-state index contributed by atoms with van der Waals surface area (Å²) in [6, 6.07) is 81.2. The van der Waals surface area contributed by atoms with Crippen molar-refractivity contribution in [2.24, 2.45) is 0 Å². The van der Waals surface area contributed by atoms with Crippen LogP contribution >= 0.6 is 0 Å². The molecule has 9 aromatic rings. The number of rotatable bonds is 7. The van der Waals surface area contributed by atoms with Crippen LogP contribution < -0.4 is 4.90 Å². The maximum absolute atomic E-state index is 2.51. The second kappa shape index (κ2) is 14.8. The third kappa shape index (κ3) is 5.77. The number of anilines is 3. The molecule has 1 nitrogen and oxygen atoms in total. The summed E-state index contributed by atoms with van der Waals surface area (Å²) >= 11 is 0. The topological polar surface area (TPSA) is 3.24 Å². The lowest BCUT2D eigenvalue weighted by atomic mass is 9.70. The van der Waals surface area contributed by atoms with E-state index >= 15 is 0 Å². The van der Waals surface area contributed by atoms with E-state index in [0.717, 1.165) is 29.9 Å². The summed E-state index contributed by atoms with van der Waals surface area (Å²) in [5, 5.41) is 0. The number of allylic oxidation sites excluding steroid dienone is 4. The van der Waals surface area contributed by atoms with Crippen molar-refractivity contribution in [2.45, 2.75) is 18.3 Å². The predicted octanol–water partition coefficient (Wildman–Crippen LogP) is 16.2. The van der Waals surface area contributed by atoms with Crippen molar-refractivity contribution in [3.63, 3.8) is 0 Å². The van der Waals surface area contributed by atoms with Crippen LogP contribution in [0.1, 0.15) is 40.7 Å². The first-order valence-electron chi connectivity index (χ1n) is 21.8. The Kier molecular flexibility index (Phi) is 8.61. The van der Waals surface area contributed by atoms with Gasteiger partial charge in [-0.15, -0.1) is 0 Å². The maximum atomic E-state index is 2.51. The van der Waals surface area contributed by atoms with Gasteiger partial charge in [0.1, 0.15) is 0 Å². The van der Waals surface area contributed by atoms with E-state index in [1.165, 1.54) is 89.0 Å². The quantitative estimate of drug-likeness (QED) is 0.155. The van der Waals surface area contributed by atoms with E-state index in [1.54, 1.807) is 0 Å².